The number of aryl methyl sites for hydroxylation is 4. The molecule has 2 fully saturated rings. The molecule has 6 nitrogen and oxygen atoms in total. The van der Waals surface area contributed by atoms with Crippen LogP contribution in [0.2, 0.25) is 0 Å². The number of hydrogen-bond acceptors (Lipinski definition) is 6. The summed E-state index contributed by atoms with van der Waals surface area (Å²) in [7, 11) is 0. The van der Waals surface area contributed by atoms with E-state index in [-0.39, 0.29) is 40.2 Å². The first-order chi connectivity index (χ1) is 71.2. The Hall–Kier alpha value is -16.3. The van der Waals surface area contributed by atoms with Gasteiger partial charge in [0.1, 0.15) is 0 Å². The summed E-state index contributed by atoms with van der Waals surface area (Å²) in [5.74, 6) is 3.33. The molecule has 28 rings (SSSR count). The van der Waals surface area contributed by atoms with Crippen LogP contribution in [0.15, 0.2) is 498 Å². The molecule has 8 aliphatic rings. The van der Waals surface area contributed by atoms with Crippen molar-refractivity contribution in [2.24, 2.45) is 35.5 Å². The Kier molecular flexibility index (Phi) is 26.4. The van der Waals surface area contributed by atoms with Crippen molar-refractivity contribution in [2.75, 3.05) is 0 Å². The Balaban J connectivity index is 0.000000160. The molecule has 146 heavy (non-hydrogen) atoms. The molecule has 20 aromatic rings. The van der Waals surface area contributed by atoms with Gasteiger partial charge in [-0.25, -0.2) is 0 Å². The SMILES string of the molecule is [C-]1=CC2C3C=CC1(c1cc(-c4ccc(-c5ccccc5)cc4)c(-c4ccccc4-c4cc(-c5ccccc5-c5ccc(-c6[c-]cccc6)nc5)cc(-c5ccccc5-c5ccc(-c6[c-]cccc6)nc5)c4)cn1)C=CC23.[C-]1=CC2C3C=CC1(c1cc(-c4ccc(-c5ccccc5)cc4)c(-c4ccccc4-c4cc(CCc5ccc(-c6[c-]cccc6)nc5)cc(CCc5ccc(-c6[c-]cccc6)nc5)c4)cn1)C=CC23.[Ir+3].[Ir+3]. The molecule has 6 heterocycles. The Morgan fingerprint density at radius 2 is 0.473 bits per heavy atom. The molecule has 8 bridgehead atoms. The van der Waals surface area contributed by atoms with Crippen LogP contribution in [-0.2, 0) is 76.7 Å². The minimum absolute atomic E-state index is 0. The molecule has 14 aromatic carbocycles. The van der Waals surface area contributed by atoms with E-state index >= 15 is 0 Å². The van der Waals surface area contributed by atoms with Crippen LogP contribution in [0.25, 0.3) is 179 Å². The Bertz CT molecular complexity index is 7980. The van der Waals surface area contributed by atoms with Crippen molar-refractivity contribution in [3.63, 3.8) is 0 Å². The predicted molar refractivity (Wildman–Crippen MR) is 586 cm³/mol. The third-order valence-corrected chi connectivity index (χ3v) is 29.7. The molecule has 8 aliphatic carbocycles. The molecule has 4 atom stereocenters. The van der Waals surface area contributed by atoms with Crippen LogP contribution in [0.4, 0.5) is 0 Å². The van der Waals surface area contributed by atoms with E-state index in [9.17, 15) is 0 Å². The van der Waals surface area contributed by atoms with Gasteiger partial charge < -0.3 is 32.1 Å². The maximum atomic E-state index is 5.40. The summed E-state index contributed by atoms with van der Waals surface area (Å²) in [6.45, 7) is 0. The fourth-order valence-corrected chi connectivity index (χ4v) is 21.7. The van der Waals surface area contributed by atoms with Gasteiger partial charge in [0.2, 0.25) is 0 Å². The van der Waals surface area contributed by atoms with Gasteiger partial charge in [0.15, 0.2) is 0 Å². The third kappa shape index (κ3) is 19.1. The molecular weight excluding hydrogens is 2130 g/mol. The number of nitrogens with zero attached hydrogens (tertiary/aromatic N) is 6. The van der Waals surface area contributed by atoms with Crippen LogP contribution in [0.5, 0.6) is 0 Å². The summed E-state index contributed by atoms with van der Waals surface area (Å²) >= 11 is 0. The van der Waals surface area contributed by atoms with E-state index in [4.69, 9.17) is 29.9 Å². The van der Waals surface area contributed by atoms with Crippen LogP contribution in [0, 0.1) is 71.9 Å². The van der Waals surface area contributed by atoms with Crippen molar-refractivity contribution in [3.05, 3.63) is 568 Å². The van der Waals surface area contributed by atoms with Crippen molar-refractivity contribution in [1.29, 1.82) is 0 Å². The molecule has 0 radical (unpaired) electrons. The number of benzene rings is 14. The second-order valence-corrected chi connectivity index (χ2v) is 38.5. The summed E-state index contributed by atoms with van der Waals surface area (Å²) in [5.41, 5.74) is 40.5. The number of hydrogen-bond donors (Lipinski definition) is 0. The molecule has 0 aliphatic heterocycles. The second-order valence-electron chi connectivity index (χ2n) is 38.5. The molecule has 6 aromatic heterocycles. The summed E-state index contributed by atoms with van der Waals surface area (Å²) < 4.78 is 0. The number of allylic oxidation sites excluding steroid dienone is 12. The van der Waals surface area contributed by atoms with Gasteiger partial charge >= 0.3 is 40.2 Å². The van der Waals surface area contributed by atoms with Crippen LogP contribution in [0.1, 0.15) is 33.6 Å². The van der Waals surface area contributed by atoms with Crippen molar-refractivity contribution < 1.29 is 40.2 Å². The Morgan fingerprint density at radius 1 is 0.192 bits per heavy atom. The minimum atomic E-state index is -0.537. The zero-order chi connectivity index (χ0) is 95.7. The van der Waals surface area contributed by atoms with Gasteiger partial charge in [0, 0.05) is 59.7 Å². The van der Waals surface area contributed by atoms with Gasteiger partial charge in [-0.3, -0.25) is 22.1 Å². The maximum absolute atomic E-state index is 5.40. The van der Waals surface area contributed by atoms with Crippen molar-refractivity contribution in [3.8, 4) is 179 Å². The largest absolute Gasteiger partial charge is 3.00 e. The summed E-state index contributed by atoms with van der Waals surface area (Å²) in [6.07, 6.45) is 47.0. The zero-order valence-corrected chi connectivity index (χ0v) is 84.8. The van der Waals surface area contributed by atoms with Crippen LogP contribution >= 0.6 is 0 Å². The molecule has 8 heteroatoms. The average molecular weight is 2220 g/mol. The van der Waals surface area contributed by atoms with Crippen LogP contribution < -0.4 is 0 Å². The number of rotatable bonds is 24. The summed E-state index contributed by atoms with van der Waals surface area (Å²) in [5, 5.41) is 0. The third-order valence-electron chi connectivity index (χ3n) is 29.7. The molecular formula is C138H96Ir2N6. The number of pyridine rings is 6. The van der Waals surface area contributed by atoms with E-state index in [1.807, 2.05) is 110 Å². The van der Waals surface area contributed by atoms with E-state index in [1.165, 1.54) is 55.6 Å². The molecule has 696 valence electrons. The average Bonchev–Trinajstić information content (AvgIpc) is 1.56. The monoisotopic (exact) mass is 2220 g/mol. The maximum Gasteiger partial charge on any atom is 3.00 e. The Morgan fingerprint density at radius 3 is 0.795 bits per heavy atom. The summed E-state index contributed by atoms with van der Waals surface area (Å²) in [4.78, 5) is 30.3. The smallest absolute Gasteiger partial charge is 0.480 e. The quantitative estimate of drug-likeness (QED) is 0.0443. The van der Waals surface area contributed by atoms with Crippen molar-refractivity contribution in [2.45, 2.75) is 36.5 Å². The topological polar surface area (TPSA) is 77.3 Å². The fraction of sp³-hybridized carbons (Fsp3) is 0.0870. The second kappa shape index (κ2) is 41.2. The predicted octanol–water partition coefficient (Wildman–Crippen LogP) is 32.4. The van der Waals surface area contributed by atoms with E-state index < -0.39 is 10.8 Å². The van der Waals surface area contributed by atoms with Gasteiger partial charge in [-0.1, -0.05) is 308 Å². The van der Waals surface area contributed by atoms with E-state index in [2.05, 4.69) is 425 Å². The molecule has 4 unspecified atom stereocenters. The first-order valence-electron chi connectivity index (χ1n) is 49.9. The molecule has 0 spiro atoms. The van der Waals surface area contributed by atoms with E-state index in [1.54, 1.807) is 0 Å². The molecule has 2 saturated carbocycles. The normalized spacial score (nSPS) is 17.9. The van der Waals surface area contributed by atoms with Crippen molar-refractivity contribution >= 4 is 0 Å². The fourth-order valence-electron chi connectivity index (χ4n) is 21.7. The van der Waals surface area contributed by atoms with Crippen molar-refractivity contribution in [1.82, 2.24) is 29.9 Å². The van der Waals surface area contributed by atoms with Crippen LogP contribution in [0.3, 0.4) is 0 Å². The first-order valence-corrected chi connectivity index (χ1v) is 49.9. The van der Waals surface area contributed by atoms with Gasteiger partial charge in [-0.15, -0.1) is 168 Å². The van der Waals surface area contributed by atoms with Gasteiger partial charge in [-0.05, 0) is 259 Å². The van der Waals surface area contributed by atoms with E-state index in [0.717, 1.165) is 182 Å². The van der Waals surface area contributed by atoms with Gasteiger partial charge in [0.05, 0.1) is 0 Å². The van der Waals surface area contributed by atoms with Crippen LogP contribution in [-0.4, -0.2) is 29.9 Å². The Labute approximate surface area is 881 Å². The molecule has 0 amide bonds. The molecule has 0 saturated heterocycles. The first kappa shape index (κ1) is 93.4. The van der Waals surface area contributed by atoms with Gasteiger partial charge in [0.25, 0.3) is 0 Å². The number of aromatic nitrogens is 6. The minimum Gasteiger partial charge on any atom is -0.480 e. The van der Waals surface area contributed by atoms with Gasteiger partial charge in [-0.2, -0.15) is 0 Å². The molecule has 0 N–H and O–H groups in total. The van der Waals surface area contributed by atoms with E-state index in [0.29, 0.717) is 35.5 Å². The zero-order valence-electron chi connectivity index (χ0n) is 80.0. The summed E-state index contributed by atoms with van der Waals surface area (Å²) in [6, 6.07) is 156. The standard InChI is InChI=1S/C73H48N3.C65H48N3.2Ir/c1-4-16-49(17-5-1)50-28-30-51(31-29-50)68-45-72(73-39-36-65-66(37-40-73)67(65)38-41-73)76-48-69(68)64-27-15-14-26-63(64)58-43-56(61-24-12-10-22-59(61)54-32-34-70(74-46-54)52-18-6-2-7-19-52)42-57(44-58)62-25-13-11-23-60(62)55-33-35-71(75-47-55)53-20-8-3-9-21-53;1-4-12-49(13-5-1)50-26-28-51(29-27-50)60-41-64(65-35-32-57-58(33-36-65)59(57)34-37-65)68-44-61(60)56-19-11-10-18-55(56)54-39-47(22-20-45-24-30-62(66-42-45)52-14-6-2-7-15-52)38-48(40-54)23-21-46-25-31-63(67-43-46)53-16-8-3-9-17-53;;/h1-18,20,22-40,42-48,65-67H;1-14,16,18-19,24-36,38-44,57-59H,20-23H2;;/q2*-3;2*+3.